The number of thiazole rings is 1. The molecular weight excluding hydrogens is 366 g/mol. The van der Waals surface area contributed by atoms with Gasteiger partial charge in [0, 0.05) is 40.8 Å². The Morgan fingerprint density at radius 2 is 2.12 bits per heavy atom. The van der Waals surface area contributed by atoms with Crippen molar-refractivity contribution in [2.45, 2.75) is 45.3 Å². The fourth-order valence-corrected chi connectivity index (χ4v) is 5.17. The van der Waals surface area contributed by atoms with E-state index in [-0.39, 0.29) is 18.2 Å². The van der Waals surface area contributed by atoms with Gasteiger partial charge in [-0.3, -0.25) is 4.90 Å². The van der Waals surface area contributed by atoms with Gasteiger partial charge in [-0.1, -0.05) is 30.7 Å². The van der Waals surface area contributed by atoms with Crippen LogP contribution in [-0.4, -0.2) is 40.2 Å². The lowest BCUT2D eigenvalue weighted by molar-refractivity contribution is 0.0579. The first kappa shape index (κ1) is 19.8. The molecule has 2 N–H and O–H groups in total. The van der Waals surface area contributed by atoms with E-state index in [1.54, 1.807) is 11.3 Å². The smallest absolute Gasteiger partial charge is 0.0897 e. The number of halogens is 1. The van der Waals surface area contributed by atoms with Crippen LogP contribution in [0.4, 0.5) is 0 Å². The molecule has 0 aliphatic carbocycles. The maximum absolute atomic E-state index is 10.1. The standard InChI is InChI=1S/C20H28ClN3OS/c1-4-24-19(15-5-7-17(21)8-6-15)16(9-20(24,3)13-25)10-22-11-18-12-23-14(2)26-18/h5-8,12,16,19,22,25H,4,9-11,13H2,1-3H3/t16-,19+,20+/m1/s1. The Hall–Kier alpha value is -0.980. The Morgan fingerprint density at radius 1 is 1.38 bits per heavy atom. The molecule has 1 aromatic carbocycles. The third-order valence-electron chi connectivity index (χ3n) is 5.45. The maximum Gasteiger partial charge on any atom is 0.0897 e. The molecule has 1 aromatic heterocycles. The van der Waals surface area contributed by atoms with Crippen LogP contribution in [-0.2, 0) is 6.54 Å². The van der Waals surface area contributed by atoms with Gasteiger partial charge in [-0.05, 0) is 50.4 Å². The number of nitrogens with one attached hydrogen (secondary N) is 1. The van der Waals surface area contributed by atoms with E-state index >= 15 is 0 Å². The number of nitrogens with zero attached hydrogens (tertiary/aromatic N) is 2. The number of likely N-dealkylation sites (N-methyl/N-ethyl adjacent to an activating group) is 1. The number of aryl methyl sites for hydroxylation is 1. The number of likely N-dealkylation sites (tertiary alicyclic amines) is 1. The van der Waals surface area contributed by atoms with Crippen molar-refractivity contribution in [2.75, 3.05) is 19.7 Å². The molecule has 0 saturated carbocycles. The highest BCUT2D eigenvalue weighted by Crippen LogP contribution is 2.46. The molecule has 0 radical (unpaired) electrons. The van der Waals surface area contributed by atoms with Crippen molar-refractivity contribution in [3.05, 3.63) is 50.9 Å². The third kappa shape index (κ3) is 4.12. The first-order valence-corrected chi connectivity index (χ1v) is 10.4. The van der Waals surface area contributed by atoms with E-state index in [1.807, 2.05) is 25.3 Å². The first-order valence-electron chi connectivity index (χ1n) is 9.22. The highest BCUT2D eigenvalue weighted by Gasteiger charge is 2.47. The van der Waals surface area contributed by atoms with Gasteiger partial charge >= 0.3 is 0 Å². The summed E-state index contributed by atoms with van der Waals surface area (Å²) in [5, 5.41) is 15.5. The summed E-state index contributed by atoms with van der Waals surface area (Å²) in [6.07, 6.45) is 2.92. The summed E-state index contributed by atoms with van der Waals surface area (Å²) in [5.74, 6) is 0.433. The molecule has 3 atom stereocenters. The minimum absolute atomic E-state index is 0.176. The minimum atomic E-state index is -0.188. The summed E-state index contributed by atoms with van der Waals surface area (Å²) in [6, 6.07) is 8.45. The Labute approximate surface area is 165 Å². The number of rotatable bonds is 7. The predicted octanol–water partition coefficient (Wildman–Crippen LogP) is 4.03. The normalized spacial score (nSPS) is 26.5. The zero-order chi connectivity index (χ0) is 18.7. The SMILES string of the molecule is CCN1[C@@H](c2ccc(Cl)cc2)[C@@H](CNCc2cnc(C)s2)C[C@@]1(C)CO. The Morgan fingerprint density at radius 3 is 2.69 bits per heavy atom. The fourth-order valence-electron chi connectivity index (χ4n) is 4.28. The maximum atomic E-state index is 10.1. The second-order valence-electron chi connectivity index (χ2n) is 7.38. The van der Waals surface area contributed by atoms with Crippen LogP contribution in [0.25, 0.3) is 0 Å². The molecule has 2 heterocycles. The van der Waals surface area contributed by atoms with Gasteiger partial charge in [0.05, 0.1) is 11.6 Å². The quantitative estimate of drug-likeness (QED) is 0.745. The van der Waals surface area contributed by atoms with Crippen LogP contribution >= 0.6 is 22.9 Å². The molecule has 1 aliphatic rings. The van der Waals surface area contributed by atoms with E-state index < -0.39 is 0 Å². The molecule has 0 bridgehead atoms. The largest absolute Gasteiger partial charge is 0.394 e. The summed E-state index contributed by atoms with van der Waals surface area (Å²) in [6.45, 7) is 9.23. The number of hydrogen-bond acceptors (Lipinski definition) is 5. The minimum Gasteiger partial charge on any atom is -0.394 e. The van der Waals surface area contributed by atoms with Crippen LogP contribution < -0.4 is 5.32 Å². The molecule has 1 aliphatic heterocycles. The van der Waals surface area contributed by atoms with Crippen molar-refractivity contribution in [3.8, 4) is 0 Å². The topological polar surface area (TPSA) is 48.4 Å². The third-order valence-corrected chi connectivity index (χ3v) is 6.61. The van der Waals surface area contributed by atoms with Crippen LogP contribution in [0.3, 0.4) is 0 Å². The highest BCUT2D eigenvalue weighted by molar-refractivity contribution is 7.11. The number of aliphatic hydroxyl groups excluding tert-OH is 1. The predicted molar refractivity (Wildman–Crippen MR) is 109 cm³/mol. The van der Waals surface area contributed by atoms with E-state index in [4.69, 9.17) is 11.6 Å². The van der Waals surface area contributed by atoms with Crippen LogP contribution in [0.2, 0.25) is 5.02 Å². The number of benzene rings is 1. The second kappa shape index (κ2) is 8.36. The molecule has 142 valence electrons. The average molecular weight is 394 g/mol. The van der Waals surface area contributed by atoms with Crippen molar-refractivity contribution < 1.29 is 5.11 Å². The molecule has 0 spiro atoms. The van der Waals surface area contributed by atoms with Gasteiger partial charge in [0.1, 0.15) is 0 Å². The summed E-state index contributed by atoms with van der Waals surface area (Å²) >= 11 is 7.83. The molecule has 0 unspecified atom stereocenters. The van der Waals surface area contributed by atoms with Crippen molar-refractivity contribution in [2.24, 2.45) is 5.92 Å². The van der Waals surface area contributed by atoms with E-state index in [2.05, 4.69) is 41.2 Å². The Bertz CT molecular complexity index is 720. The van der Waals surface area contributed by atoms with Crippen molar-refractivity contribution >= 4 is 22.9 Å². The lowest BCUT2D eigenvalue weighted by atomic mass is 9.90. The molecule has 2 aromatic rings. The summed E-state index contributed by atoms with van der Waals surface area (Å²) < 4.78 is 0. The molecule has 1 fully saturated rings. The lowest BCUT2D eigenvalue weighted by Crippen LogP contribution is -2.45. The molecule has 26 heavy (non-hydrogen) atoms. The van der Waals surface area contributed by atoms with Crippen LogP contribution in [0.15, 0.2) is 30.5 Å². The van der Waals surface area contributed by atoms with Crippen molar-refractivity contribution in [1.82, 2.24) is 15.2 Å². The molecule has 3 rings (SSSR count). The van der Waals surface area contributed by atoms with Gasteiger partial charge in [-0.15, -0.1) is 11.3 Å². The fraction of sp³-hybridized carbons (Fsp3) is 0.550. The summed E-state index contributed by atoms with van der Waals surface area (Å²) in [5.41, 5.74) is 1.08. The van der Waals surface area contributed by atoms with Crippen LogP contribution in [0, 0.1) is 12.8 Å². The molecule has 4 nitrogen and oxygen atoms in total. The van der Waals surface area contributed by atoms with Gasteiger partial charge in [0.2, 0.25) is 0 Å². The Balaban J connectivity index is 1.77. The van der Waals surface area contributed by atoms with Gasteiger partial charge in [-0.2, -0.15) is 0 Å². The van der Waals surface area contributed by atoms with E-state index in [9.17, 15) is 5.11 Å². The van der Waals surface area contributed by atoms with Gasteiger partial charge < -0.3 is 10.4 Å². The number of aromatic nitrogens is 1. The average Bonchev–Trinajstić information content (AvgIpc) is 3.17. The Kier molecular flexibility index (Phi) is 6.36. The van der Waals surface area contributed by atoms with Gasteiger partial charge in [-0.25, -0.2) is 4.98 Å². The van der Waals surface area contributed by atoms with E-state index in [0.29, 0.717) is 5.92 Å². The highest BCUT2D eigenvalue weighted by atomic mass is 35.5. The monoisotopic (exact) mass is 393 g/mol. The van der Waals surface area contributed by atoms with Crippen LogP contribution in [0.5, 0.6) is 0 Å². The molecule has 6 heteroatoms. The first-order chi connectivity index (χ1) is 12.5. The zero-order valence-corrected chi connectivity index (χ0v) is 17.3. The van der Waals surface area contributed by atoms with Crippen molar-refractivity contribution in [3.63, 3.8) is 0 Å². The molecular formula is C20H28ClN3OS. The molecule has 0 amide bonds. The summed E-state index contributed by atoms with van der Waals surface area (Å²) in [4.78, 5) is 8.03. The van der Waals surface area contributed by atoms with Gasteiger partial charge in [0.15, 0.2) is 0 Å². The van der Waals surface area contributed by atoms with Gasteiger partial charge in [0.25, 0.3) is 0 Å². The van der Waals surface area contributed by atoms with E-state index in [0.717, 1.165) is 36.1 Å². The number of aliphatic hydroxyl groups is 1. The van der Waals surface area contributed by atoms with Crippen LogP contribution in [0.1, 0.15) is 41.8 Å². The second-order valence-corrected chi connectivity index (χ2v) is 9.13. The zero-order valence-electron chi connectivity index (χ0n) is 15.7. The molecule has 1 saturated heterocycles. The summed E-state index contributed by atoms with van der Waals surface area (Å²) in [7, 11) is 0. The lowest BCUT2D eigenvalue weighted by Gasteiger charge is -2.37. The van der Waals surface area contributed by atoms with Crippen molar-refractivity contribution in [1.29, 1.82) is 0 Å². The number of hydrogen-bond donors (Lipinski definition) is 2. The van der Waals surface area contributed by atoms with E-state index in [1.165, 1.54) is 10.4 Å².